The van der Waals surface area contributed by atoms with Crippen LogP contribution in [0.15, 0.2) is 48.5 Å². The Bertz CT molecular complexity index is 898. The fourth-order valence-corrected chi connectivity index (χ4v) is 6.78. The second-order valence-electron chi connectivity index (χ2n) is 9.40. The molecule has 2 aromatic rings. The number of aliphatic hydroxyl groups is 1. The van der Waals surface area contributed by atoms with Crippen molar-refractivity contribution in [2.45, 2.75) is 52.0 Å². The average molecular weight is 448 g/mol. The van der Waals surface area contributed by atoms with Crippen LogP contribution in [-0.2, 0) is 9.09 Å². The van der Waals surface area contributed by atoms with Gasteiger partial charge in [0.15, 0.2) is 5.85 Å². The minimum absolute atomic E-state index is 0.196. The van der Waals surface area contributed by atoms with Gasteiger partial charge in [-0.15, -0.1) is 0 Å². The number of nitrogens with zero attached hydrogens (tertiary/aromatic N) is 1. The van der Waals surface area contributed by atoms with Gasteiger partial charge in [-0.2, -0.15) is 0 Å². The third-order valence-electron chi connectivity index (χ3n) is 6.47. The molecule has 0 unspecified atom stereocenters. The number of aliphatic hydroxyl groups excluding tert-OH is 1. The first-order chi connectivity index (χ1) is 14.6. The molecular formula is C25H35FNO3P. The Morgan fingerprint density at radius 2 is 1.68 bits per heavy atom. The summed E-state index contributed by atoms with van der Waals surface area (Å²) < 4.78 is 34.4. The molecule has 2 aromatic carbocycles. The number of halogens is 1. The first-order valence-corrected chi connectivity index (χ1v) is 12.8. The zero-order valence-corrected chi connectivity index (χ0v) is 20.1. The summed E-state index contributed by atoms with van der Waals surface area (Å²) in [4.78, 5) is 1.96. The van der Waals surface area contributed by atoms with Gasteiger partial charge in [-0.1, -0.05) is 39.3 Å². The van der Waals surface area contributed by atoms with Gasteiger partial charge < -0.3 is 14.5 Å². The van der Waals surface area contributed by atoms with Gasteiger partial charge in [-0.3, -0.25) is 4.57 Å². The Morgan fingerprint density at radius 3 is 2.23 bits per heavy atom. The Balaban J connectivity index is 2.02. The second kappa shape index (κ2) is 9.85. The highest BCUT2D eigenvalue weighted by atomic mass is 31.2. The summed E-state index contributed by atoms with van der Waals surface area (Å²) in [6.45, 7) is 6.54. The molecule has 1 saturated carbocycles. The first kappa shape index (κ1) is 24.0. The summed E-state index contributed by atoms with van der Waals surface area (Å²) in [6.07, 6.45) is 2.78. The van der Waals surface area contributed by atoms with Crippen molar-refractivity contribution in [1.82, 2.24) is 0 Å². The molecule has 1 fully saturated rings. The van der Waals surface area contributed by atoms with Crippen molar-refractivity contribution < 1.29 is 18.6 Å². The molecule has 1 aliphatic carbocycles. The van der Waals surface area contributed by atoms with Crippen molar-refractivity contribution in [3.63, 3.8) is 0 Å². The van der Waals surface area contributed by atoms with Gasteiger partial charge in [0.2, 0.25) is 0 Å². The molecule has 6 heteroatoms. The van der Waals surface area contributed by atoms with Crippen LogP contribution in [0.2, 0.25) is 0 Å². The van der Waals surface area contributed by atoms with Crippen LogP contribution in [0.4, 0.5) is 10.1 Å². The summed E-state index contributed by atoms with van der Waals surface area (Å²) in [5.41, 5.74) is 1.37. The van der Waals surface area contributed by atoms with Crippen molar-refractivity contribution in [3.05, 3.63) is 59.9 Å². The van der Waals surface area contributed by atoms with Crippen molar-refractivity contribution in [3.8, 4) is 0 Å². The SMILES string of the molecule is CC(C)[C@@H]1CC[C@@H](C)C[C@H]1O[P@](=O)(c1ccc(N(C)C)cc1)[C@H](O)c1ccc(F)cc1. The van der Waals surface area contributed by atoms with Gasteiger partial charge in [0, 0.05) is 25.1 Å². The molecule has 0 amide bonds. The van der Waals surface area contributed by atoms with Crippen LogP contribution < -0.4 is 10.2 Å². The summed E-state index contributed by atoms with van der Waals surface area (Å²) >= 11 is 0. The van der Waals surface area contributed by atoms with Crippen LogP contribution in [0.3, 0.4) is 0 Å². The van der Waals surface area contributed by atoms with E-state index in [2.05, 4.69) is 20.8 Å². The molecule has 0 heterocycles. The van der Waals surface area contributed by atoms with Crippen LogP contribution >= 0.6 is 7.37 Å². The monoisotopic (exact) mass is 447 g/mol. The van der Waals surface area contributed by atoms with E-state index in [1.54, 1.807) is 12.1 Å². The van der Waals surface area contributed by atoms with Crippen LogP contribution in [0.25, 0.3) is 0 Å². The molecule has 0 bridgehead atoms. The van der Waals surface area contributed by atoms with E-state index in [-0.39, 0.29) is 12.0 Å². The maximum atomic E-state index is 14.4. The van der Waals surface area contributed by atoms with E-state index in [9.17, 15) is 14.1 Å². The number of rotatable bonds is 7. The van der Waals surface area contributed by atoms with Gasteiger partial charge in [0.25, 0.3) is 7.37 Å². The second-order valence-corrected chi connectivity index (χ2v) is 11.8. The molecule has 0 aliphatic heterocycles. The quantitative estimate of drug-likeness (QED) is 0.532. The summed E-state index contributed by atoms with van der Waals surface area (Å²) in [6, 6.07) is 12.8. The highest BCUT2D eigenvalue weighted by Gasteiger charge is 2.42. The molecule has 0 radical (unpaired) electrons. The maximum absolute atomic E-state index is 14.4. The van der Waals surface area contributed by atoms with Gasteiger partial charge in [-0.05, 0) is 72.6 Å². The van der Waals surface area contributed by atoms with Crippen molar-refractivity contribution in [2.24, 2.45) is 17.8 Å². The Morgan fingerprint density at radius 1 is 1.06 bits per heavy atom. The predicted octanol–water partition coefficient (Wildman–Crippen LogP) is 5.96. The average Bonchev–Trinajstić information content (AvgIpc) is 2.73. The van der Waals surface area contributed by atoms with E-state index >= 15 is 0 Å². The van der Waals surface area contributed by atoms with Crippen LogP contribution in [-0.4, -0.2) is 25.3 Å². The normalized spacial score (nSPS) is 24.6. The standard InChI is InChI=1S/C25H35FNO3P/c1-17(2)23-15-6-18(3)16-24(23)30-31(29,22-13-11-21(12-14-22)27(4)5)25(28)19-7-9-20(26)10-8-19/h7-14,17-18,23-25,28H,6,15-16H2,1-5H3/t18-,23+,24-,25+,31-/m1/s1. The maximum Gasteiger partial charge on any atom is 0.264 e. The third kappa shape index (κ3) is 5.39. The molecule has 5 atom stereocenters. The Labute approximate surface area is 185 Å². The van der Waals surface area contributed by atoms with Gasteiger partial charge in [0.05, 0.1) is 6.10 Å². The smallest absolute Gasteiger partial charge is 0.264 e. The lowest BCUT2D eigenvalue weighted by atomic mass is 9.75. The molecule has 170 valence electrons. The number of benzene rings is 2. The first-order valence-electron chi connectivity index (χ1n) is 11.1. The predicted molar refractivity (Wildman–Crippen MR) is 126 cm³/mol. The van der Waals surface area contributed by atoms with Gasteiger partial charge in [0.1, 0.15) is 5.82 Å². The van der Waals surface area contributed by atoms with E-state index < -0.39 is 19.0 Å². The van der Waals surface area contributed by atoms with E-state index in [0.717, 1.165) is 24.9 Å². The third-order valence-corrected chi connectivity index (χ3v) is 9.01. The van der Waals surface area contributed by atoms with E-state index in [1.165, 1.54) is 24.3 Å². The molecular weight excluding hydrogens is 412 g/mol. The zero-order valence-electron chi connectivity index (χ0n) is 19.2. The van der Waals surface area contributed by atoms with E-state index in [0.29, 0.717) is 22.7 Å². The lowest BCUT2D eigenvalue weighted by Gasteiger charge is -2.40. The van der Waals surface area contributed by atoms with Gasteiger partial charge >= 0.3 is 0 Å². The zero-order chi connectivity index (χ0) is 22.8. The Kier molecular flexibility index (Phi) is 7.62. The number of hydrogen-bond acceptors (Lipinski definition) is 4. The van der Waals surface area contributed by atoms with Gasteiger partial charge in [-0.25, -0.2) is 4.39 Å². The van der Waals surface area contributed by atoms with Crippen LogP contribution in [0, 0.1) is 23.6 Å². The highest BCUT2D eigenvalue weighted by Crippen LogP contribution is 2.60. The highest BCUT2D eigenvalue weighted by molar-refractivity contribution is 7.67. The minimum Gasteiger partial charge on any atom is -0.378 e. The molecule has 0 spiro atoms. The molecule has 1 N–H and O–H groups in total. The lowest BCUT2D eigenvalue weighted by molar-refractivity contribution is 0.0427. The molecule has 1 aliphatic rings. The molecule has 3 rings (SSSR count). The van der Waals surface area contributed by atoms with Crippen molar-refractivity contribution >= 4 is 18.4 Å². The molecule has 4 nitrogen and oxygen atoms in total. The fraction of sp³-hybridized carbons (Fsp3) is 0.520. The summed E-state index contributed by atoms with van der Waals surface area (Å²) in [5, 5.41) is 11.7. The minimum atomic E-state index is -3.71. The molecule has 0 aromatic heterocycles. The van der Waals surface area contributed by atoms with E-state index in [4.69, 9.17) is 4.52 Å². The van der Waals surface area contributed by atoms with Crippen molar-refractivity contribution in [1.29, 1.82) is 0 Å². The van der Waals surface area contributed by atoms with E-state index in [1.807, 2.05) is 31.1 Å². The Hall–Kier alpha value is -1.68. The topological polar surface area (TPSA) is 49.8 Å². The number of hydrogen-bond donors (Lipinski definition) is 1. The van der Waals surface area contributed by atoms with Crippen LogP contribution in [0.1, 0.15) is 51.4 Å². The largest absolute Gasteiger partial charge is 0.378 e. The fourth-order valence-electron chi connectivity index (χ4n) is 4.49. The van der Waals surface area contributed by atoms with Crippen LogP contribution in [0.5, 0.6) is 0 Å². The summed E-state index contributed by atoms with van der Waals surface area (Å²) in [5.74, 6) is -0.602. The van der Waals surface area contributed by atoms with Crippen molar-refractivity contribution in [2.75, 3.05) is 19.0 Å². The number of anilines is 1. The lowest BCUT2D eigenvalue weighted by Crippen LogP contribution is -2.35. The summed E-state index contributed by atoms with van der Waals surface area (Å²) in [7, 11) is 0.172. The molecule has 31 heavy (non-hydrogen) atoms. The molecule has 0 saturated heterocycles.